The van der Waals surface area contributed by atoms with Crippen LogP contribution in [0.25, 0.3) is 0 Å². The maximum Gasteiger partial charge on any atom is 0.494 e. The first-order valence-electron chi connectivity index (χ1n) is 10.8. The van der Waals surface area contributed by atoms with Gasteiger partial charge in [0.25, 0.3) is 0 Å². The molecule has 29 heavy (non-hydrogen) atoms. The second kappa shape index (κ2) is 7.46. The standard InChI is InChI=1S/C24H34BN2O2/c1-23(2)24(3,4)29-25(28-23)21-11-13-22(14-12-21)26-15-17-27(5,18-16-26)19-20-9-7-6-8-10-20/h6-14H,15-19H2,1-5H3/q+1. The van der Waals surface area contributed by atoms with Gasteiger partial charge in [0.2, 0.25) is 0 Å². The minimum absolute atomic E-state index is 0.291. The summed E-state index contributed by atoms with van der Waals surface area (Å²) in [7, 11) is 2.09. The van der Waals surface area contributed by atoms with E-state index in [0.717, 1.165) is 42.7 Å². The minimum Gasteiger partial charge on any atom is -0.399 e. The van der Waals surface area contributed by atoms with Crippen molar-refractivity contribution in [2.24, 2.45) is 0 Å². The van der Waals surface area contributed by atoms with Crippen LogP contribution in [0.3, 0.4) is 0 Å². The third kappa shape index (κ3) is 4.23. The van der Waals surface area contributed by atoms with E-state index in [1.54, 1.807) is 0 Å². The Morgan fingerprint density at radius 3 is 1.97 bits per heavy atom. The molecule has 0 amide bonds. The van der Waals surface area contributed by atoms with Crippen molar-refractivity contribution < 1.29 is 13.8 Å². The first kappa shape index (κ1) is 20.5. The van der Waals surface area contributed by atoms with Crippen LogP contribution < -0.4 is 10.4 Å². The number of benzene rings is 2. The summed E-state index contributed by atoms with van der Waals surface area (Å²) in [5, 5.41) is 0. The van der Waals surface area contributed by atoms with E-state index in [9.17, 15) is 0 Å². The molecule has 2 aromatic carbocycles. The molecule has 0 bridgehead atoms. The minimum atomic E-state index is -0.301. The number of anilines is 1. The van der Waals surface area contributed by atoms with Crippen LogP contribution in [0.15, 0.2) is 54.6 Å². The Morgan fingerprint density at radius 2 is 1.41 bits per heavy atom. The Bertz CT molecular complexity index is 812. The topological polar surface area (TPSA) is 21.7 Å². The molecule has 0 spiro atoms. The third-order valence-electron chi connectivity index (χ3n) is 7.01. The molecule has 0 radical (unpaired) electrons. The molecular formula is C24H34BN2O2+. The van der Waals surface area contributed by atoms with Crippen LogP contribution in [-0.2, 0) is 15.9 Å². The zero-order chi connectivity index (χ0) is 20.7. The fourth-order valence-electron chi connectivity index (χ4n) is 4.21. The van der Waals surface area contributed by atoms with Crippen molar-refractivity contribution in [1.82, 2.24) is 0 Å². The fraction of sp³-hybridized carbons (Fsp3) is 0.500. The highest BCUT2D eigenvalue weighted by Gasteiger charge is 2.51. The normalized spacial score (nSPS) is 22.7. The summed E-state index contributed by atoms with van der Waals surface area (Å²) in [6.07, 6.45) is 0. The van der Waals surface area contributed by atoms with Crippen LogP contribution in [0.1, 0.15) is 33.3 Å². The second-order valence-corrected chi connectivity index (χ2v) is 9.88. The maximum absolute atomic E-state index is 6.18. The van der Waals surface area contributed by atoms with E-state index < -0.39 is 0 Å². The Kier molecular flexibility index (Phi) is 5.26. The van der Waals surface area contributed by atoms with Gasteiger partial charge in [0.15, 0.2) is 0 Å². The molecule has 2 aliphatic rings. The van der Waals surface area contributed by atoms with Crippen molar-refractivity contribution in [3.63, 3.8) is 0 Å². The highest BCUT2D eigenvalue weighted by Crippen LogP contribution is 2.36. The van der Waals surface area contributed by atoms with Gasteiger partial charge in [-0.25, -0.2) is 0 Å². The first-order chi connectivity index (χ1) is 13.7. The maximum atomic E-state index is 6.18. The third-order valence-corrected chi connectivity index (χ3v) is 7.01. The number of rotatable bonds is 4. The Morgan fingerprint density at radius 1 is 0.862 bits per heavy atom. The van der Waals surface area contributed by atoms with Gasteiger partial charge in [-0.1, -0.05) is 42.5 Å². The molecule has 2 heterocycles. The molecular weight excluding hydrogens is 359 g/mol. The Balaban J connectivity index is 1.37. The van der Waals surface area contributed by atoms with Gasteiger partial charge in [0.1, 0.15) is 6.54 Å². The van der Waals surface area contributed by atoms with Crippen LogP contribution in [0, 0.1) is 0 Å². The van der Waals surface area contributed by atoms with E-state index in [1.807, 2.05) is 0 Å². The number of quaternary nitrogens is 1. The number of hydrogen-bond donors (Lipinski definition) is 0. The van der Waals surface area contributed by atoms with Crippen LogP contribution in [0.4, 0.5) is 5.69 Å². The number of piperazine rings is 1. The predicted molar refractivity (Wildman–Crippen MR) is 120 cm³/mol. The molecule has 0 atom stereocenters. The predicted octanol–water partition coefficient (Wildman–Crippen LogP) is 3.45. The van der Waals surface area contributed by atoms with E-state index in [2.05, 4.69) is 94.2 Å². The van der Waals surface area contributed by atoms with Gasteiger partial charge in [-0.2, -0.15) is 0 Å². The summed E-state index contributed by atoms with van der Waals surface area (Å²) in [4.78, 5) is 2.50. The number of likely N-dealkylation sites (N-methyl/N-ethyl adjacent to an activating group) is 1. The van der Waals surface area contributed by atoms with Gasteiger partial charge >= 0.3 is 7.12 Å². The van der Waals surface area contributed by atoms with Gasteiger partial charge in [-0.05, 0) is 45.3 Å². The molecule has 2 aliphatic heterocycles. The monoisotopic (exact) mass is 393 g/mol. The lowest BCUT2D eigenvalue weighted by Crippen LogP contribution is -2.56. The van der Waals surface area contributed by atoms with Crippen molar-refractivity contribution >= 4 is 18.3 Å². The van der Waals surface area contributed by atoms with E-state index in [-0.39, 0.29) is 18.3 Å². The fourth-order valence-corrected chi connectivity index (χ4v) is 4.21. The Labute approximate surface area is 176 Å². The zero-order valence-electron chi connectivity index (χ0n) is 18.5. The average Bonchev–Trinajstić information content (AvgIpc) is 2.90. The number of hydrogen-bond acceptors (Lipinski definition) is 3. The lowest BCUT2D eigenvalue weighted by atomic mass is 9.79. The van der Waals surface area contributed by atoms with E-state index in [4.69, 9.17) is 9.31 Å². The van der Waals surface area contributed by atoms with Crippen LogP contribution >= 0.6 is 0 Å². The summed E-state index contributed by atoms with van der Waals surface area (Å²) in [5.74, 6) is 0. The van der Waals surface area contributed by atoms with Crippen molar-refractivity contribution in [2.45, 2.75) is 45.4 Å². The molecule has 0 aliphatic carbocycles. The number of nitrogens with zero attached hydrogens (tertiary/aromatic N) is 2. The zero-order valence-corrected chi connectivity index (χ0v) is 18.5. The molecule has 2 saturated heterocycles. The second-order valence-electron chi connectivity index (χ2n) is 9.88. The van der Waals surface area contributed by atoms with Gasteiger partial charge in [-0.15, -0.1) is 0 Å². The van der Waals surface area contributed by atoms with Gasteiger partial charge in [-0.3, -0.25) is 0 Å². The highest BCUT2D eigenvalue weighted by molar-refractivity contribution is 6.62. The molecule has 2 fully saturated rings. The van der Waals surface area contributed by atoms with Crippen LogP contribution in [0.2, 0.25) is 0 Å². The van der Waals surface area contributed by atoms with Crippen LogP contribution in [0.5, 0.6) is 0 Å². The van der Waals surface area contributed by atoms with E-state index in [0.29, 0.717) is 0 Å². The van der Waals surface area contributed by atoms with Gasteiger partial charge in [0, 0.05) is 11.3 Å². The SMILES string of the molecule is CC1(C)OB(c2ccc(N3CC[N+](C)(Cc4ccccc4)CC3)cc2)OC1(C)C. The summed E-state index contributed by atoms with van der Waals surface area (Å²) >= 11 is 0. The van der Waals surface area contributed by atoms with Crippen LogP contribution in [-0.4, -0.2) is 56.0 Å². The summed E-state index contributed by atoms with van der Waals surface area (Å²) < 4.78 is 13.5. The summed E-state index contributed by atoms with van der Waals surface area (Å²) in [6.45, 7) is 14.0. The summed E-state index contributed by atoms with van der Waals surface area (Å²) in [5.41, 5.74) is 3.20. The van der Waals surface area contributed by atoms with E-state index >= 15 is 0 Å². The molecule has 0 N–H and O–H groups in total. The lowest BCUT2D eigenvalue weighted by molar-refractivity contribution is -0.923. The van der Waals surface area contributed by atoms with Gasteiger partial charge < -0.3 is 18.7 Å². The molecule has 4 rings (SSSR count). The smallest absolute Gasteiger partial charge is 0.399 e. The molecule has 0 saturated carbocycles. The largest absolute Gasteiger partial charge is 0.494 e. The molecule has 0 unspecified atom stereocenters. The highest BCUT2D eigenvalue weighted by atomic mass is 16.7. The van der Waals surface area contributed by atoms with Crippen molar-refractivity contribution in [3.8, 4) is 0 Å². The molecule has 154 valence electrons. The molecule has 4 nitrogen and oxygen atoms in total. The quantitative estimate of drug-likeness (QED) is 0.587. The molecule has 0 aromatic heterocycles. The van der Waals surface area contributed by atoms with Crippen molar-refractivity contribution in [1.29, 1.82) is 0 Å². The van der Waals surface area contributed by atoms with E-state index in [1.165, 1.54) is 11.3 Å². The van der Waals surface area contributed by atoms with Gasteiger partial charge in [0.05, 0.1) is 44.4 Å². The Hall–Kier alpha value is -1.82. The lowest BCUT2D eigenvalue weighted by Gasteiger charge is -2.43. The molecule has 2 aromatic rings. The molecule has 5 heteroatoms. The van der Waals surface area contributed by atoms with Crippen molar-refractivity contribution in [2.75, 3.05) is 38.1 Å². The van der Waals surface area contributed by atoms with Crippen molar-refractivity contribution in [3.05, 3.63) is 60.2 Å². The first-order valence-corrected chi connectivity index (χ1v) is 10.8. The average molecular weight is 393 g/mol. The summed E-state index contributed by atoms with van der Waals surface area (Å²) in [6, 6.07) is 19.6.